The average Bonchev–Trinajstić information content (AvgIpc) is 2.68. The summed E-state index contributed by atoms with van der Waals surface area (Å²) in [4.78, 5) is 18.0. The maximum absolute atomic E-state index is 12.8. The van der Waals surface area contributed by atoms with E-state index in [0.717, 1.165) is 17.2 Å². The standard InChI is InChI=1S/C19H19Cl2F3N4O2/c1-30-16-3-2-13(20)9-15(16)26-17(29)11-27-4-6-28(7-5-27)18-14(21)8-12(10-25-18)19(22,23)24/h2-3,8-10H,4-7,11H2,1H3,(H,26,29)/p+2. The van der Waals surface area contributed by atoms with Crippen LogP contribution in [0.2, 0.25) is 10.0 Å². The number of H-pyrrole nitrogens is 1. The molecular weight excluding hydrogens is 444 g/mol. The molecule has 0 saturated carbocycles. The second-order valence-electron chi connectivity index (χ2n) is 6.89. The molecule has 0 aliphatic carbocycles. The van der Waals surface area contributed by atoms with Gasteiger partial charge in [0.1, 0.15) is 43.1 Å². The van der Waals surface area contributed by atoms with E-state index < -0.39 is 11.7 Å². The van der Waals surface area contributed by atoms with Gasteiger partial charge >= 0.3 is 6.18 Å². The second-order valence-corrected chi connectivity index (χ2v) is 7.73. The predicted molar refractivity (Wildman–Crippen MR) is 107 cm³/mol. The monoisotopic (exact) mass is 464 g/mol. The van der Waals surface area contributed by atoms with E-state index in [1.807, 2.05) is 4.90 Å². The van der Waals surface area contributed by atoms with E-state index in [1.165, 1.54) is 7.11 Å². The topological polar surface area (TPSA) is 60.1 Å². The first-order valence-electron chi connectivity index (χ1n) is 9.17. The first-order chi connectivity index (χ1) is 14.2. The van der Waals surface area contributed by atoms with Gasteiger partial charge in [-0.1, -0.05) is 23.2 Å². The van der Waals surface area contributed by atoms with Crippen LogP contribution in [0.25, 0.3) is 0 Å². The minimum absolute atomic E-state index is 0.0130. The number of piperazine rings is 1. The lowest BCUT2D eigenvalue weighted by molar-refractivity contribution is -0.892. The lowest BCUT2D eigenvalue weighted by Crippen LogP contribution is -3.15. The molecule has 3 rings (SSSR count). The van der Waals surface area contributed by atoms with Crippen LogP contribution in [-0.2, 0) is 11.0 Å². The number of amides is 1. The van der Waals surface area contributed by atoms with E-state index in [9.17, 15) is 18.0 Å². The van der Waals surface area contributed by atoms with Gasteiger partial charge in [0.15, 0.2) is 6.54 Å². The van der Waals surface area contributed by atoms with Crippen LogP contribution >= 0.6 is 23.2 Å². The molecule has 0 atom stereocenters. The Bertz CT molecular complexity index is 919. The molecule has 1 aliphatic rings. The van der Waals surface area contributed by atoms with Crippen LogP contribution in [0.1, 0.15) is 5.56 Å². The van der Waals surface area contributed by atoms with Crippen molar-refractivity contribution in [2.24, 2.45) is 0 Å². The third-order valence-electron chi connectivity index (χ3n) is 4.83. The van der Waals surface area contributed by atoms with Crippen molar-refractivity contribution in [2.45, 2.75) is 6.18 Å². The van der Waals surface area contributed by atoms with E-state index in [4.69, 9.17) is 27.9 Å². The summed E-state index contributed by atoms with van der Waals surface area (Å²) in [6.07, 6.45) is -3.55. The molecule has 1 saturated heterocycles. The summed E-state index contributed by atoms with van der Waals surface area (Å²) in [5, 5.41) is 3.30. The highest BCUT2D eigenvalue weighted by atomic mass is 35.5. The minimum atomic E-state index is -4.46. The molecule has 2 aromatic rings. The zero-order valence-electron chi connectivity index (χ0n) is 16.1. The van der Waals surface area contributed by atoms with Crippen LogP contribution < -0.4 is 24.8 Å². The van der Waals surface area contributed by atoms with Crippen LogP contribution in [0.4, 0.5) is 24.7 Å². The Labute approximate surface area is 181 Å². The smallest absolute Gasteiger partial charge is 0.419 e. The van der Waals surface area contributed by atoms with Gasteiger partial charge in [0, 0.05) is 5.02 Å². The molecule has 1 aromatic carbocycles. The number of hydrogen-bond acceptors (Lipinski definition) is 3. The molecule has 0 radical (unpaired) electrons. The summed E-state index contributed by atoms with van der Waals surface area (Å²) in [6, 6.07) is 5.88. The Morgan fingerprint density at radius 2 is 1.97 bits per heavy atom. The van der Waals surface area contributed by atoms with Crippen LogP contribution in [0.15, 0.2) is 30.5 Å². The Morgan fingerprint density at radius 1 is 1.27 bits per heavy atom. The van der Waals surface area contributed by atoms with E-state index in [-0.39, 0.29) is 17.5 Å². The Kier molecular flexibility index (Phi) is 6.95. The SMILES string of the molecule is COc1ccc(Cl)cc1NC(=O)C[NH+]1CCN(c2[nH+]cc(C(F)(F)F)cc2Cl)CC1. The number of benzene rings is 1. The first kappa shape index (κ1) is 22.5. The molecule has 1 aromatic heterocycles. The predicted octanol–water partition coefficient (Wildman–Crippen LogP) is 2.18. The highest BCUT2D eigenvalue weighted by Gasteiger charge is 2.35. The molecular formula is C19H21Cl2F3N4O2+2. The summed E-state index contributed by atoms with van der Waals surface area (Å²) in [5.74, 6) is 0.773. The summed E-state index contributed by atoms with van der Waals surface area (Å²) in [5.41, 5.74) is -0.326. The quantitative estimate of drug-likeness (QED) is 0.712. The van der Waals surface area contributed by atoms with Crippen LogP contribution in [0.5, 0.6) is 5.75 Å². The average molecular weight is 465 g/mol. The molecule has 2 heterocycles. The van der Waals surface area contributed by atoms with Crippen LogP contribution in [0, 0.1) is 0 Å². The number of aromatic nitrogens is 1. The van der Waals surface area contributed by atoms with Gasteiger partial charge in [-0.15, -0.1) is 0 Å². The summed E-state index contributed by atoms with van der Waals surface area (Å²) < 4.78 is 43.6. The number of halogens is 5. The fourth-order valence-corrected chi connectivity index (χ4v) is 3.75. The largest absolute Gasteiger partial charge is 0.495 e. The van der Waals surface area contributed by atoms with Crippen molar-refractivity contribution >= 4 is 40.6 Å². The van der Waals surface area contributed by atoms with Gasteiger partial charge in [0.25, 0.3) is 11.7 Å². The van der Waals surface area contributed by atoms with Gasteiger partial charge < -0.3 is 15.0 Å². The van der Waals surface area contributed by atoms with Crippen molar-refractivity contribution < 1.29 is 32.6 Å². The van der Waals surface area contributed by atoms with Gasteiger partial charge in [-0.3, -0.25) is 4.79 Å². The molecule has 0 spiro atoms. The van der Waals surface area contributed by atoms with E-state index in [2.05, 4.69) is 10.3 Å². The van der Waals surface area contributed by atoms with E-state index in [0.29, 0.717) is 48.5 Å². The number of carbonyl (C=O) groups is 1. The lowest BCUT2D eigenvalue weighted by atomic mass is 10.2. The number of aromatic amines is 1. The molecule has 1 aliphatic heterocycles. The van der Waals surface area contributed by atoms with Crippen molar-refractivity contribution in [3.8, 4) is 5.75 Å². The number of ether oxygens (including phenoxy) is 1. The number of nitrogens with zero attached hydrogens (tertiary/aromatic N) is 1. The molecule has 1 amide bonds. The Balaban J connectivity index is 1.56. The van der Waals surface area contributed by atoms with Crippen molar-refractivity contribution in [3.63, 3.8) is 0 Å². The fraction of sp³-hybridized carbons (Fsp3) is 0.368. The van der Waals surface area contributed by atoms with E-state index in [1.54, 1.807) is 18.2 Å². The van der Waals surface area contributed by atoms with Gasteiger partial charge in [0.2, 0.25) is 0 Å². The minimum Gasteiger partial charge on any atom is -0.495 e. The molecule has 11 heteroatoms. The molecule has 0 bridgehead atoms. The Morgan fingerprint density at radius 3 is 2.57 bits per heavy atom. The van der Waals surface area contributed by atoms with Gasteiger partial charge in [-0.2, -0.15) is 13.2 Å². The third-order valence-corrected chi connectivity index (χ3v) is 5.36. The second kappa shape index (κ2) is 9.28. The lowest BCUT2D eigenvalue weighted by Gasteiger charge is -2.28. The number of quaternary nitrogens is 1. The number of pyridine rings is 1. The van der Waals surface area contributed by atoms with Gasteiger partial charge in [-0.05, 0) is 24.3 Å². The third kappa shape index (κ3) is 5.47. The number of hydrogen-bond donors (Lipinski definition) is 2. The molecule has 162 valence electrons. The maximum atomic E-state index is 12.8. The normalized spacial score (nSPS) is 15.2. The van der Waals surface area contributed by atoms with Crippen molar-refractivity contribution in [2.75, 3.05) is 50.1 Å². The molecule has 30 heavy (non-hydrogen) atoms. The zero-order valence-corrected chi connectivity index (χ0v) is 17.6. The maximum Gasteiger partial charge on any atom is 0.419 e. The highest BCUT2D eigenvalue weighted by Crippen LogP contribution is 2.32. The summed E-state index contributed by atoms with van der Waals surface area (Å²) >= 11 is 12.0. The molecule has 1 fully saturated rings. The number of nitrogens with one attached hydrogen (secondary N) is 3. The van der Waals surface area contributed by atoms with E-state index >= 15 is 0 Å². The van der Waals surface area contributed by atoms with Gasteiger partial charge in [-0.25, -0.2) is 9.88 Å². The zero-order chi connectivity index (χ0) is 21.9. The highest BCUT2D eigenvalue weighted by molar-refractivity contribution is 6.32. The Hall–Kier alpha value is -2.23. The fourth-order valence-electron chi connectivity index (χ4n) is 3.29. The van der Waals surface area contributed by atoms with Crippen molar-refractivity contribution in [3.05, 3.63) is 46.1 Å². The number of anilines is 2. The van der Waals surface area contributed by atoms with Gasteiger partial charge in [0.05, 0.1) is 18.4 Å². The molecule has 6 nitrogen and oxygen atoms in total. The number of rotatable bonds is 5. The molecule has 3 N–H and O–H groups in total. The summed E-state index contributed by atoms with van der Waals surface area (Å²) in [6.45, 7) is 2.60. The number of carbonyl (C=O) groups excluding carboxylic acids is 1. The molecule has 0 unspecified atom stereocenters. The van der Waals surface area contributed by atoms with Crippen molar-refractivity contribution in [1.82, 2.24) is 0 Å². The first-order valence-corrected chi connectivity index (χ1v) is 9.93. The number of methoxy groups -OCH3 is 1. The summed E-state index contributed by atoms with van der Waals surface area (Å²) in [7, 11) is 1.51. The van der Waals surface area contributed by atoms with Crippen LogP contribution in [-0.4, -0.2) is 45.7 Å². The van der Waals surface area contributed by atoms with Crippen molar-refractivity contribution in [1.29, 1.82) is 0 Å². The van der Waals surface area contributed by atoms with Crippen LogP contribution in [0.3, 0.4) is 0 Å². The number of alkyl halides is 3.